The third kappa shape index (κ3) is 3.43. The molecule has 1 spiro atoms. The van der Waals surface area contributed by atoms with Crippen molar-refractivity contribution in [3.05, 3.63) is 23.9 Å². The lowest BCUT2D eigenvalue weighted by molar-refractivity contribution is -0.136. The van der Waals surface area contributed by atoms with Crippen LogP contribution in [0.3, 0.4) is 0 Å². The number of nitrogens with one attached hydrogen (secondary N) is 2. The maximum absolute atomic E-state index is 13.0. The van der Waals surface area contributed by atoms with E-state index in [1.807, 2.05) is 13.0 Å². The molecule has 1 aromatic rings. The van der Waals surface area contributed by atoms with Gasteiger partial charge in [0.15, 0.2) is 0 Å². The van der Waals surface area contributed by atoms with Crippen molar-refractivity contribution in [1.29, 1.82) is 0 Å². The van der Waals surface area contributed by atoms with Gasteiger partial charge in [-0.05, 0) is 49.1 Å². The summed E-state index contributed by atoms with van der Waals surface area (Å²) >= 11 is 0. The standard InChI is InChI=1S/C19H26N4O3/c1-12-8-18(3,4)11-19(9-12)16(25)23(17(26)22-19)10-14(24)21-15-13(2)6-5-7-20-15/h5-7,12H,8-11H2,1-4H3,(H,22,26)(H,20,21,24)/t12-,19+/m0/s1. The largest absolute Gasteiger partial charge is 0.325 e. The molecule has 1 saturated heterocycles. The van der Waals surface area contributed by atoms with E-state index in [0.29, 0.717) is 24.6 Å². The molecule has 0 bridgehead atoms. The normalized spacial score (nSPS) is 27.5. The van der Waals surface area contributed by atoms with Crippen molar-refractivity contribution in [2.75, 3.05) is 11.9 Å². The van der Waals surface area contributed by atoms with Gasteiger partial charge >= 0.3 is 6.03 Å². The Morgan fingerprint density at radius 1 is 1.38 bits per heavy atom. The van der Waals surface area contributed by atoms with Crippen LogP contribution in [-0.4, -0.2) is 39.8 Å². The smallest absolute Gasteiger partial charge is 0.323 e. The number of carbonyl (C=O) groups is 3. The molecule has 26 heavy (non-hydrogen) atoms. The number of nitrogens with zero attached hydrogens (tertiary/aromatic N) is 2. The zero-order chi connectivity index (χ0) is 19.1. The van der Waals surface area contributed by atoms with Crippen LogP contribution >= 0.6 is 0 Å². The molecular formula is C19H26N4O3. The van der Waals surface area contributed by atoms with Gasteiger partial charge in [0.1, 0.15) is 17.9 Å². The van der Waals surface area contributed by atoms with E-state index in [2.05, 4.69) is 36.4 Å². The quantitative estimate of drug-likeness (QED) is 0.812. The fourth-order valence-corrected chi connectivity index (χ4v) is 4.58. The number of hydrogen-bond acceptors (Lipinski definition) is 4. The average Bonchev–Trinajstić information content (AvgIpc) is 2.71. The van der Waals surface area contributed by atoms with Crippen LogP contribution in [0.15, 0.2) is 18.3 Å². The molecule has 1 aliphatic carbocycles. The number of imide groups is 1. The van der Waals surface area contributed by atoms with Gasteiger partial charge in [-0.3, -0.25) is 14.5 Å². The molecule has 1 saturated carbocycles. The first kappa shape index (κ1) is 18.4. The molecule has 0 unspecified atom stereocenters. The Kier molecular flexibility index (Phi) is 4.50. The zero-order valence-corrected chi connectivity index (χ0v) is 15.8. The summed E-state index contributed by atoms with van der Waals surface area (Å²) in [6.07, 6.45) is 3.79. The highest BCUT2D eigenvalue weighted by Crippen LogP contribution is 2.46. The maximum atomic E-state index is 13.0. The van der Waals surface area contributed by atoms with Gasteiger partial charge in [0.05, 0.1) is 0 Å². The highest BCUT2D eigenvalue weighted by molar-refractivity contribution is 6.10. The maximum Gasteiger partial charge on any atom is 0.325 e. The highest BCUT2D eigenvalue weighted by Gasteiger charge is 2.56. The van der Waals surface area contributed by atoms with Gasteiger partial charge in [0, 0.05) is 6.20 Å². The summed E-state index contributed by atoms with van der Waals surface area (Å²) in [5.41, 5.74) is -0.110. The zero-order valence-electron chi connectivity index (χ0n) is 15.8. The fourth-order valence-electron chi connectivity index (χ4n) is 4.58. The molecule has 7 nitrogen and oxygen atoms in total. The molecule has 2 N–H and O–H groups in total. The summed E-state index contributed by atoms with van der Waals surface area (Å²) in [5.74, 6) is 0.0325. The molecule has 3 rings (SSSR count). The van der Waals surface area contributed by atoms with Gasteiger partial charge in [0.2, 0.25) is 5.91 Å². The first-order valence-corrected chi connectivity index (χ1v) is 8.97. The number of aromatic nitrogens is 1. The van der Waals surface area contributed by atoms with Gasteiger partial charge in [-0.15, -0.1) is 0 Å². The monoisotopic (exact) mass is 358 g/mol. The van der Waals surface area contributed by atoms with Crippen LogP contribution in [-0.2, 0) is 9.59 Å². The molecule has 2 atom stereocenters. The minimum atomic E-state index is -0.889. The minimum absolute atomic E-state index is 0.0378. The molecule has 2 aliphatic rings. The van der Waals surface area contributed by atoms with Crippen molar-refractivity contribution in [3.8, 4) is 0 Å². The average molecular weight is 358 g/mol. The summed E-state index contributed by atoms with van der Waals surface area (Å²) in [6, 6.07) is 3.11. The number of urea groups is 1. The van der Waals surface area contributed by atoms with E-state index in [1.54, 1.807) is 12.3 Å². The van der Waals surface area contributed by atoms with Gasteiger partial charge in [-0.2, -0.15) is 0 Å². The van der Waals surface area contributed by atoms with Gasteiger partial charge in [-0.1, -0.05) is 26.8 Å². The van der Waals surface area contributed by atoms with Crippen molar-refractivity contribution >= 4 is 23.7 Å². The molecular weight excluding hydrogens is 332 g/mol. The second-order valence-electron chi connectivity index (χ2n) is 8.48. The van der Waals surface area contributed by atoms with Crippen LogP contribution in [0, 0.1) is 18.3 Å². The van der Waals surface area contributed by atoms with E-state index in [1.165, 1.54) is 0 Å². The van der Waals surface area contributed by atoms with Crippen molar-refractivity contribution in [2.24, 2.45) is 11.3 Å². The van der Waals surface area contributed by atoms with Crippen LogP contribution in [0.2, 0.25) is 0 Å². The van der Waals surface area contributed by atoms with Gasteiger partial charge in [-0.25, -0.2) is 9.78 Å². The molecule has 140 valence electrons. The molecule has 2 fully saturated rings. The van der Waals surface area contributed by atoms with E-state index in [-0.39, 0.29) is 17.9 Å². The number of pyridine rings is 1. The summed E-state index contributed by atoms with van der Waals surface area (Å²) in [4.78, 5) is 42.9. The highest BCUT2D eigenvalue weighted by atomic mass is 16.2. The van der Waals surface area contributed by atoms with E-state index < -0.39 is 17.5 Å². The van der Waals surface area contributed by atoms with Crippen LogP contribution < -0.4 is 10.6 Å². The van der Waals surface area contributed by atoms with E-state index in [9.17, 15) is 14.4 Å². The van der Waals surface area contributed by atoms with E-state index in [4.69, 9.17) is 0 Å². The van der Waals surface area contributed by atoms with Crippen molar-refractivity contribution < 1.29 is 14.4 Å². The predicted octanol–water partition coefficient (Wildman–Crippen LogP) is 2.47. The third-order valence-corrected chi connectivity index (χ3v) is 5.19. The number of hydrogen-bond donors (Lipinski definition) is 2. The number of aryl methyl sites for hydroxylation is 1. The lowest BCUT2D eigenvalue weighted by Gasteiger charge is -2.43. The van der Waals surface area contributed by atoms with Gasteiger partial charge < -0.3 is 10.6 Å². The lowest BCUT2D eigenvalue weighted by Crippen LogP contribution is -2.54. The number of rotatable bonds is 3. The second-order valence-corrected chi connectivity index (χ2v) is 8.48. The van der Waals surface area contributed by atoms with Crippen LogP contribution in [0.4, 0.5) is 10.6 Å². The molecule has 1 aromatic heterocycles. The third-order valence-electron chi connectivity index (χ3n) is 5.19. The topological polar surface area (TPSA) is 91.4 Å². The number of carbonyl (C=O) groups excluding carboxylic acids is 3. The Balaban J connectivity index is 1.73. The minimum Gasteiger partial charge on any atom is -0.323 e. The van der Waals surface area contributed by atoms with Crippen molar-refractivity contribution in [2.45, 2.75) is 52.5 Å². The summed E-state index contributed by atoms with van der Waals surface area (Å²) in [5, 5.41) is 5.55. The first-order chi connectivity index (χ1) is 12.1. The van der Waals surface area contributed by atoms with E-state index in [0.717, 1.165) is 16.9 Å². The summed E-state index contributed by atoms with van der Waals surface area (Å²) in [7, 11) is 0. The Bertz CT molecular complexity index is 761. The second kappa shape index (κ2) is 6.37. The molecule has 0 radical (unpaired) electrons. The van der Waals surface area contributed by atoms with E-state index >= 15 is 0 Å². The molecule has 4 amide bonds. The molecule has 0 aromatic carbocycles. The van der Waals surface area contributed by atoms with Crippen LogP contribution in [0.1, 0.15) is 45.6 Å². The Hall–Kier alpha value is -2.44. The first-order valence-electron chi connectivity index (χ1n) is 8.97. The van der Waals surface area contributed by atoms with Crippen LogP contribution in [0.25, 0.3) is 0 Å². The lowest BCUT2D eigenvalue weighted by atomic mass is 9.64. The number of anilines is 1. The predicted molar refractivity (Wildman–Crippen MR) is 97.4 cm³/mol. The Labute approximate surface area is 153 Å². The summed E-state index contributed by atoms with van der Waals surface area (Å²) < 4.78 is 0. The SMILES string of the molecule is Cc1cccnc1NC(=O)CN1C(=O)N[C@@]2(C[C@@H](C)CC(C)(C)C2)C1=O. The van der Waals surface area contributed by atoms with Crippen LogP contribution in [0.5, 0.6) is 0 Å². The van der Waals surface area contributed by atoms with Crippen molar-refractivity contribution in [1.82, 2.24) is 15.2 Å². The molecule has 1 aliphatic heterocycles. The van der Waals surface area contributed by atoms with Crippen molar-refractivity contribution in [3.63, 3.8) is 0 Å². The molecule has 2 heterocycles. The molecule has 7 heteroatoms. The Morgan fingerprint density at radius 2 is 2.12 bits per heavy atom. The number of amides is 4. The summed E-state index contributed by atoms with van der Waals surface area (Å²) in [6.45, 7) is 7.85. The Morgan fingerprint density at radius 3 is 2.77 bits per heavy atom. The fraction of sp³-hybridized carbons (Fsp3) is 0.579. The van der Waals surface area contributed by atoms with Gasteiger partial charge in [0.25, 0.3) is 5.91 Å².